The number of nitrogens with zero attached hydrogens (tertiary/aromatic N) is 1. The monoisotopic (exact) mass is 217 g/mol. The van der Waals surface area contributed by atoms with E-state index in [9.17, 15) is 4.79 Å². The normalized spacial score (nSPS) is 21.8. The zero-order valence-corrected chi connectivity index (χ0v) is 8.80. The number of primary amides is 1. The molecule has 1 amide bonds. The van der Waals surface area contributed by atoms with E-state index in [-0.39, 0.29) is 6.10 Å². The number of nitrogens with two attached hydrogens (primary N) is 1. The Kier molecular flexibility index (Phi) is 4.06. The predicted molar refractivity (Wildman–Crippen MR) is 56.8 cm³/mol. The topological polar surface area (TPSA) is 79.4 Å². The molecule has 3 N–H and O–H groups in total. The van der Waals surface area contributed by atoms with Gasteiger partial charge in [0.25, 0.3) is 0 Å². The van der Waals surface area contributed by atoms with Gasteiger partial charge < -0.3 is 15.4 Å². The molecule has 1 unspecified atom stereocenters. The number of likely N-dealkylation sites (tertiary alicyclic amines) is 1. The van der Waals surface area contributed by atoms with Crippen LogP contribution in [0.15, 0.2) is 0 Å². The Bertz CT molecular complexity index is 235. The first kappa shape index (κ1) is 11.2. The second kappa shape index (κ2) is 5.09. The third kappa shape index (κ3) is 3.10. The quantitative estimate of drug-likeness (QED) is 0.357. The fraction of sp³-hybridized carbons (Fsp3) is 0.750. The van der Waals surface area contributed by atoms with E-state index in [2.05, 4.69) is 12.6 Å². The Hall–Kier alpha value is -0.910. The molecule has 0 aliphatic carbocycles. The lowest BCUT2D eigenvalue weighted by molar-refractivity contribution is 0.0678. The van der Waals surface area contributed by atoms with Crippen molar-refractivity contribution < 1.29 is 9.53 Å². The third-order valence-corrected chi connectivity index (χ3v) is 2.49. The minimum Gasteiger partial charge on any atom is -0.445 e. The average Bonchev–Trinajstić information content (AvgIpc) is 2.16. The highest BCUT2D eigenvalue weighted by molar-refractivity contribution is 7.81. The molecule has 80 valence electrons. The summed E-state index contributed by atoms with van der Waals surface area (Å²) in [5, 5.41) is 7.58. The molecule has 0 bridgehead atoms. The Morgan fingerprint density at radius 2 is 2.43 bits per heavy atom. The van der Waals surface area contributed by atoms with Crippen LogP contribution in [0.2, 0.25) is 0 Å². The van der Waals surface area contributed by atoms with Gasteiger partial charge >= 0.3 is 6.09 Å². The van der Waals surface area contributed by atoms with Crippen molar-refractivity contribution in [2.75, 3.05) is 18.8 Å². The van der Waals surface area contributed by atoms with Crippen LogP contribution in [0.25, 0.3) is 0 Å². The van der Waals surface area contributed by atoms with E-state index in [1.165, 1.54) is 0 Å². The number of ether oxygens (including phenoxy) is 1. The summed E-state index contributed by atoms with van der Waals surface area (Å²) in [6.07, 6.45) is 0.809. The second-order valence-corrected chi connectivity index (χ2v) is 3.57. The molecule has 1 aliphatic heterocycles. The molecular weight excluding hydrogens is 202 g/mol. The maximum Gasteiger partial charge on any atom is 0.404 e. The highest BCUT2D eigenvalue weighted by atomic mass is 32.1. The van der Waals surface area contributed by atoms with Crippen LogP contribution in [0.4, 0.5) is 4.79 Å². The van der Waals surface area contributed by atoms with E-state index in [1.54, 1.807) is 0 Å². The van der Waals surface area contributed by atoms with Gasteiger partial charge in [-0.25, -0.2) is 4.79 Å². The first-order valence-corrected chi connectivity index (χ1v) is 5.16. The lowest BCUT2D eigenvalue weighted by Crippen LogP contribution is -2.44. The van der Waals surface area contributed by atoms with Crippen molar-refractivity contribution >= 4 is 24.6 Å². The smallest absolute Gasteiger partial charge is 0.404 e. The minimum atomic E-state index is -0.741. The summed E-state index contributed by atoms with van der Waals surface area (Å²) in [5.74, 6) is 0.870. The largest absolute Gasteiger partial charge is 0.445 e. The van der Waals surface area contributed by atoms with E-state index in [4.69, 9.17) is 15.9 Å². The van der Waals surface area contributed by atoms with Crippen LogP contribution < -0.4 is 5.73 Å². The van der Waals surface area contributed by atoms with Gasteiger partial charge in [0.2, 0.25) is 0 Å². The van der Waals surface area contributed by atoms with Crippen molar-refractivity contribution in [1.82, 2.24) is 4.90 Å². The number of carbonyl (C=O) groups is 1. The molecule has 6 heteroatoms. The van der Waals surface area contributed by atoms with Crippen LogP contribution in [-0.2, 0) is 4.74 Å². The number of hydrogen-bond donors (Lipinski definition) is 3. The van der Waals surface area contributed by atoms with Crippen LogP contribution in [0.3, 0.4) is 0 Å². The maximum atomic E-state index is 10.5. The van der Waals surface area contributed by atoms with Gasteiger partial charge in [-0.1, -0.05) is 0 Å². The number of thiol groups is 1. The van der Waals surface area contributed by atoms with Crippen molar-refractivity contribution in [2.45, 2.75) is 18.9 Å². The Morgan fingerprint density at radius 3 is 3.00 bits per heavy atom. The fourth-order valence-electron chi connectivity index (χ4n) is 1.54. The summed E-state index contributed by atoms with van der Waals surface area (Å²) in [7, 11) is 0. The number of amidine groups is 1. The number of piperidine rings is 1. The number of carbonyl (C=O) groups excluding carboxylic acids is 1. The first-order chi connectivity index (χ1) is 6.63. The highest BCUT2D eigenvalue weighted by Gasteiger charge is 2.23. The van der Waals surface area contributed by atoms with Gasteiger partial charge in [-0.2, -0.15) is 12.6 Å². The molecule has 5 nitrogen and oxygen atoms in total. The average molecular weight is 217 g/mol. The summed E-state index contributed by atoms with van der Waals surface area (Å²) >= 11 is 4.03. The molecule has 0 aromatic heterocycles. The zero-order valence-electron chi connectivity index (χ0n) is 7.90. The van der Waals surface area contributed by atoms with E-state index in [0.717, 1.165) is 19.4 Å². The van der Waals surface area contributed by atoms with Gasteiger partial charge in [0.05, 0.1) is 6.54 Å². The SMILES string of the molecule is N=C(CS)N1CCCC(OC(N)=O)C1. The van der Waals surface area contributed by atoms with E-state index < -0.39 is 6.09 Å². The maximum absolute atomic E-state index is 10.5. The van der Waals surface area contributed by atoms with E-state index >= 15 is 0 Å². The Labute approximate surface area is 88.5 Å². The molecule has 1 atom stereocenters. The molecule has 0 saturated carbocycles. The van der Waals surface area contributed by atoms with Gasteiger partial charge in [-0.15, -0.1) is 0 Å². The number of hydrogen-bond acceptors (Lipinski definition) is 4. The summed E-state index contributed by atoms with van der Waals surface area (Å²) < 4.78 is 4.89. The molecular formula is C8H15N3O2S. The molecule has 1 rings (SSSR count). The third-order valence-electron chi connectivity index (χ3n) is 2.19. The highest BCUT2D eigenvalue weighted by Crippen LogP contribution is 2.13. The van der Waals surface area contributed by atoms with Gasteiger partial charge in [0.15, 0.2) is 0 Å². The van der Waals surface area contributed by atoms with Crippen LogP contribution in [0.1, 0.15) is 12.8 Å². The van der Waals surface area contributed by atoms with Crippen molar-refractivity contribution in [2.24, 2.45) is 5.73 Å². The summed E-state index contributed by atoms with van der Waals surface area (Å²) in [4.78, 5) is 12.4. The minimum absolute atomic E-state index is 0.179. The molecule has 1 saturated heterocycles. The predicted octanol–water partition coefficient (Wildman–Crippen LogP) is 0.453. The molecule has 0 aromatic carbocycles. The van der Waals surface area contributed by atoms with E-state index in [0.29, 0.717) is 18.1 Å². The van der Waals surface area contributed by atoms with Gasteiger partial charge in [-0.05, 0) is 12.8 Å². The molecule has 1 fully saturated rings. The molecule has 1 heterocycles. The van der Waals surface area contributed by atoms with Crippen molar-refractivity contribution in [3.63, 3.8) is 0 Å². The van der Waals surface area contributed by atoms with Crippen LogP contribution in [0.5, 0.6) is 0 Å². The molecule has 0 spiro atoms. The van der Waals surface area contributed by atoms with Crippen molar-refractivity contribution in [3.8, 4) is 0 Å². The van der Waals surface area contributed by atoms with Crippen molar-refractivity contribution in [1.29, 1.82) is 5.41 Å². The molecule has 14 heavy (non-hydrogen) atoms. The van der Waals surface area contributed by atoms with Crippen LogP contribution in [0, 0.1) is 5.41 Å². The van der Waals surface area contributed by atoms with Gasteiger partial charge in [0, 0.05) is 12.3 Å². The Balaban J connectivity index is 2.43. The van der Waals surface area contributed by atoms with Crippen LogP contribution in [-0.4, -0.2) is 41.8 Å². The summed E-state index contributed by atoms with van der Waals surface area (Å²) in [6.45, 7) is 1.39. The standard InChI is InChI=1S/C8H15N3O2S/c9-7(5-14)11-3-1-2-6(4-11)13-8(10)12/h6,9,14H,1-5H2,(H2,10,12). The number of rotatable bonds is 2. The number of amides is 1. The van der Waals surface area contributed by atoms with E-state index in [1.807, 2.05) is 4.90 Å². The van der Waals surface area contributed by atoms with Crippen molar-refractivity contribution in [3.05, 3.63) is 0 Å². The van der Waals surface area contributed by atoms with Gasteiger partial charge in [-0.3, -0.25) is 5.41 Å². The lowest BCUT2D eigenvalue weighted by Gasteiger charge is -2.33. The summed E-state index contributed by atoms with van der Waals surface area (Å²) in [5.41, 5.74) is 4.93. The lowest BCUT2D eigenvalue weighted by atomic mass is 10.1. The van der Waals surface area contributed by atoms with Gasteiger partial charge in [0.1, 0.15) is 11.9 Å². The van der Waals surface area contributed by atoms with Crippen LogP contribution >= 0.6 is 12.6 Å². The second-order valence-electron chi connectivity index (χ2n) is 3.25. The first-order valence-electron chi connectivity index (χ1n) is 4.52. The molecule has 0 aromatic rings. The molecule has 1 aliphatic rings. The zero-order chi connectivity index (χ0) is 10.6. The summed E-state index contributed by atoms with van der Waals surface area (Å²) in [6, 6.07) is 0. The fourth-order valence-corrected chi connectivity index (χ4v) is 1.74. The Morgan fingerprint density at radius 1 is 1.71 bits per heavy atom. The number of nitrogens with one attached hydrogen (secondary N) is 1. The molecule has 0 radical (unpaired) electrons.